The molecule has 7 nitrogen and oxygen atoms in total. The number of aryl methyl sites for hydroxylation is 1. The first-order valence-corrected chi connectivity index (χ1v) is 11.2. The monoisotopic (exact) mass is 458 g/mol. The molecule has 3 heterocycles. The average Bonchev–Trinajstić information content (AvgIpc) is 3.35. The summed E-state index contributed by atoms with van der Waals surface area (Å²) in [4.78, 5) is 30.8. The predicted octanol–water partition coefficient (Wildman–Crippen LogP) is 3.28. The first-order valence-electron chi connectivity index (χ1n) is 11.2. The van der Waals surface area contributed by atoms with Gasteiger partial charge in [-0.25, -0.2) is 4.39 Å². The maximum absolute atomic E-state index is 13.6. The van der Waals surface area contributed by atoms with E-state index < -0.39 is 11.9 Å². The molecule has 0 aliphatic carbocycles. The topological polar surface area (TPSA) is 98.2 Å². The van der Waals surface area contributed by atoms with E-state index in [0.717, 1.165) is 16.7 Å². The third-order valence-corrected chi connectivity index (χ3v) is 6.45. The van der Waals surface area contributed by atoms with Crippen LogP contribution in [0.5, 0.6) is 5.75 Å². The Morgan fingerprint density at radius 2 is 2.03 bits per heavy atom. The minimum atomic E-state index is -0.723. The van der Waals surface area contributed by atoms with Crippen LogP contribution in [0, 0.1) is 17.1 Å². The van der Waals surface area contributed by atoms with Crippen LogP contribution in [0.25, 0.3) is 0 Å². The van der Waals surface area contributed by atoms with Gasteiger partial charge in [-0.1, -0.05) is 30.3 Å². The molecule has 0 spiro atoms. The fourth-order valence-electron chi connectivity index (χ4n) is 4.69. The molecule has 8 heteroatoms. The molecule has 0 saturated carbocycles. The summed E-state index contributed by atoms with van der Waals surface area (Å²) in [5, 5.41) is 12.0. The van der Waals surface area contributed by atoms with Gasteiger partial charge in [0.05, 0.1) is 11.6 Å². The van der Waals surface area contributed by atoms with Crippen molar-refractivity contribution in [3.05, 3.63) is 88.5 Å². The third-order valence-electron chi connectivity index (χ3n) is 6.45. The molecular formula is C26H23FN4O3. The first-order chi connectivity index (χ1) is 16.5. The highest BCUT2D eigenvalue weighted by Crippen LogP contribution is 2.31. The Hall–Kier alpha value is -4.12. The highest BCUT2D eigenvalue weighted by Gasteiger charge is 2.33. The van der Waals surface area contributed by atoms with E-state index in [4.69, 9.17) is 10.00 Å². The fourth-order valence-corrected chi connectivity index (χ4v) is 4.69. The van der Waals surface area contributed by atoms with Crippen LogP contribution in [0.1, 0.15) is 45.2 Å². The minimum Gasteiger partial charge on any atom is -0.480 e. The molecule has 2 atom stereocenters. The maximum atomic E-state index is 13.6. The molecule has 2 aliphatic rings. The van der Waals surface area contributed by atoms with Gasteiger partial charge in [0.15, 0.2) is 6.10 Å². The van der Waals surface area contributed by atoms with Crippen molar-refractivity contribution in [3.63, 3.8) is 0 Å². The van der Waals surface area contributed by atoms with Crippen LogP contribution in [0.3, 0.4) is 0 Å². The Morgan fingerprint density at radius 3 is 2.85 bits per heavy atom. The summed E-state index contributed by atoms with van der Waals surface area (Å²) in [6.07, 6.45) is 2.60. The number of hydrogen-bond donors (Lipinski definition) is 2. The number of benzene rings is 2. The SMILES string of the molecule is N#Cc1c[nH]c(C(=O)N2CCc3ccccc3C2CNC(=O)C2CCc3ccc(F)cc3O2)c1. The zero-order valence-electron chi connectivity index (χ0n) is 18.4. The van der Waals surface area contributed by atoms with Crippen LogP contribution in [0.4, 0.5) is 4.39 Å². The van der Waals surface area contributed by atoms with Crippen molar-refractivity contribution in [2.75, 3.05) is 13.1 Å². The van der Waals surface area contributed by atoms with Gasteiger partial charge in [-0.05, 0) is 48.1 Å². The van der Waals surface area contributed by atoms with Crippen molar-refractivity contribution in [3.8, 4) is 11.8 Å². The Bertz CT molecular complexity index is 1300. The van der Waals surface area contributed by atoms with E-state index in [1.54, 1.807) is 11.0 Å². The van der Waals surface area contributed by atoms with Crippen LogP contribution in [0.2, 0.25) is 0 Å². The number of carbonyl (C=O) groups is 2. The number of fused-ring (bicyclic) bond motifs is 2. The second-order valence-corrected chi connectivity index (χ2v) is 8.52. The normalized spacial score (nSPS) is 18.8. The van der Waals surface area contributed by atoms with Crippen molar-refractivity contribution in [1.82, 2.24) is 15.2 Å². The minimum absolute atomic E-state index is 0.212. The Morgan fingerprint density at radius 1 is 1.18 bits per heavy atom. The molecule has 2 unspecified atom stereocenters. The number of nitrogens with one attached hydrogen (secondary N) is 2. The summed E-state index contributed by atoms with van der Waals surface area (Å²) >= 11 is 0. The van der Waals surface area contributed by atoms with Gasteiger partial charge >= 0.3 is 0 Å². The second kappa shape index (κ2) is 9.02. The molecule has 2 aromatic carbocycles. The molecule has 0 radical (unpaired) electrons. The van der Waals surface area contributed by atoms with E-state index in [2.05, 4.69) is 10.3 Å². The number of H-pyrrole nitrogens is 1. The number of aromatic amines is 1. The van der Waals surface area contributed by atoms with Crippen molar-refractivity contribution < 1.29 is 18.7 Å². The quantitative estimate of drug-likeness (QED) is 0.627. The van der Waals surface area contributed by atoms with Gasteiger partial charge in [0.1, 0.15) is 23.3 Å². The highest BCUT2D eigenvalue weighted by molar-refractivity contribution is 5.93. The maximum Gasteiger partial charge on any atom is 0.270 e. The molecule has 172 valence electrons. The van der Waals surface area contributed by atoms with Gasteiger partial charge < -0.3 is 19.9 Å². The predicted molar refractivity (Wildman–Crippen MR) is 122 cm³/mol. The Labute approximate surface area is 196 Å². The Kier molecular flexibility index (Phi) is 5.76. The number of nitrogens with zero attached hydrogens (tertiary/aromatic N) is 2. The van der Waals surface area contributed by atoms with Crippen LogP contribution in [-0.2, 0) is 17.6 Å². The van der Waals surface area contributed by atoms with Crippen molar-refractivity contribution >= 4 is 11.8 Å². The first kappa shape index (κ1) is 21.7. The van der Waals surface area contributed by atoms with Gasteiger partial charge in [0.2, 0.25) is 0 Å². The van der Waals surface area contributed by atoms with Crippen molar-refractivity contribution in [2.45, 2.75) is 31.4 Å². The number of halogens is 1. The van der Waals surface area contributed by atoms with E-state index >= 15 is 0 Å². The van der Waals surface area contributed by atoms with Crippen LogP contribution < -0.4 is 10.1 Å². The average molecular weight is 458 g/mol. The number of ether oxygens (including phenoxy) is 1. The summed E-state index contributed by atoms with van der Waals surface area (Å²) < 4.78 is 19.4. The number of nitriles is 1. The van der Waals surface area contributed by atoms with Crippen molar-refractivity contribution in [1.29, 1.82) is 5.26 Å². The number of aromatic nitrogens is 1. The van der Waals surface area contributed by atoms with Crippen LogP contribution in [0.15, 0.2) is 54.7 Å². The zero-order valence-corrected chi connectivity index (χ0v) is 18.4. The van der Waals surface area contributed by atoms with E-state index in [9.17, 15) is 14.0 Å². The molecular weight excluding hydrogens is 435 g/mol. The summed E-state index contributed by atoms with van der Waals surface area (Å²) in [6.45, 7) is 0.702. The smallest absolute Gasteiger partial charge is 0.270 e. The van der Waals surface area contributed by atoms with E-state index in [0.29, 0.717) is 42.8 Å². The summed E-state index contributed by atoms with van der Waals surface area (Å²) in [6, 6.07) is 15.4. The Balaban J connectivity index is 1.34. The van der Waals surface area contributed by atoms with Gasteiger partial charge in [-0.2, -0.15) is 5.26 Å². The van der Waals surface area contributed by atoms with Gasteiger partial charge in [0.25, 0.3) is 11.8 Å². The molecule has 3 aromatic rings. The molecule has 34 heavy (non-hydrogen) atoms. The molecule has 2 N–H and O–H groups in total. The number of amides is 2. The summed E-state index contributed by atoms with van der Waals surface area (Å²) in [7, 11) is 0. The van der Waals surface area contributed by atoms with Crippen molar-refractivity contribution in [2.24, 2.45) is 0 Å². The fraction of sp³-hybridized carbons (Fsp3) is 0.269. The molecule has 2 aliphatic heterocycles. The number of carbonyl (C=O) groups excluding carboxylic acids is 2. The molecule has 0 saturated heterocycles. The molecule has 5 rings (SSSR count). The molecule has 0 fully saturated rings. The van der Waals surface area contributed by atoms with Gasteiger partial charge in [-0.15, -0.1) is 0 Å². The lowest BCUT2D eigenvalue weighted by molar-refractivity contribution is -0.128. The van der Waals surface area contributed by atoms with Gasteiger partial charge in [-0.3, -0.25) is 9.59 Å². The van der Waals surface area contributed by atoms with Crippen LogP contribution >= 0.6 is 0 Å². The van der Waals surface area contributed by atoms with E-state index in [1.807, 2.05) is 30.3 Å². The largest absolute Gasteiger partial charge is 0.480 e. The van der Waals surface area contributed by atoms with E-state index in [-0.39, 0.29) is 24.4 Å². The summed E-state index contributed by atoms with van der Waals surface area (Å²) in [5.74, 6) is -0.534. The summed E-state index contributed by atoms with van der Waals surface area (Å²) in [5.41, 5.74) is 3.71. The molecule has 0 bridgehead atoms. The number of hydrogen-bond acceptors (Lipinski definition) is 4. The highest BCUT2D eigenvalue weighted by atomic mass is 19.1. The lowest BCUT2D eigenvalue weighted by atomic mass is 9.92. The molecule has 1 aromatic heterocycles. The lowest BCUT2D eigenvalue weighted by Crippen LogP contribution is -2.48. The molecule has 2 amide bonds. The van der Waals surface area contributed by atoms with Crippen LogP contribution in [-0.4, -0.2) is 40.9 Å². The zero-order chi connectivity index (χ0) is 23.7. The third kappa shape index (κ3) is 4.13. The van der Waals surface area contributed by atoms with Gasteiger partial charge in [0, 0.05) is 25.4 Å². The van der Waals surface area contributed by atoms with E-state index in [1.165, 1.54) is 24.4 Å². The standard InChI is InChI=1S/C26H23FN4O3/c27-19-7-5-18-6-8-23(34-24(18)12-19)25(32)30-15-22-20-4-2-1-3-17(20)9-10-31(22)26(33)21-11-16(13-28)14-29-21/h1-5,7,11-12,14,22-23,29H,6,8-10,15H2,(H,30,32). The lowest BCUT2D eigenvalue weighted by Gasteiger charge is -2.37. The number of rotatable bonds is 4. The second-order valence-electron chi connectivity index (χ2n) is 8.52.